The van der Waals surface area contributed by atoms with Crippen molar-refractivity contribution in [1.29, 1.82) is 5.26 Å². The van der Waals surface area contributed by atoms with Crippen molar-refractivity contribution in [2.45, 2.75) is 39.7 Å². The van der Waals surface area contributed by atoms with Crippen LogP contribution in [0.5, 0.6) is 0 Å². The molecule has 30 heavy (non-hydrogen) atoms. The third-order valence-electron chi connectivity index (χ3n) is 5.99. The van der Waals surface area contributed by atoms with Crippen LogP contribution in [0.3, 0.4) is 0 Å². The number of unbranched alkanes of at least 4 members (excludes halogenated alkanes) is 1. The van der Waals surface area contributed by atoms with E-state index in [0.717, 1.165) is 36.3 Å². The fraction of sp³-hybridized carbons (Fsp3) is 0.296. The van der Waals surface area contributed by atoms with Crippen molar-refractivity contribution >= 4 is 11.4 Å². The van der Waals surface area contributed by atoms with Gasteiger partial charge < -0.3 is 5.32 Å². The van der Waals surface area contributed by atoms with Gasteiger partial charge in [-0.05, 0) is 84.5 Å². The number of nitrogens with one attached hydrogen (secondary N) is 1. The van der Waals surface area contributed by atoms with Crippen molar-refractivity contribution in [3.63, 3.8) is 0 Å². The average molecular weight is 396 g/mol. The quantitative estimate of drug-likeness (QED) is 0.522. The first-order valence-electron chi connectivity index (χ1n) is 10.9. The van der Waals surface area contributed by atoms with E-state index < -0.39 is 0 Å². The van der Waals surface area contributed by atoms with Gasteiger partial charge in [0.15, 0.2) is 0 Å². The van der Waals surface area contributed by atoms with Gasteiger partial charge in [-0.15, -0.1) is 0 Å². The molecule has 4 rings (SSSR count). The number of hydrogen-bond acceptors (Lipinski definition) is 3. The van der Waals surface area contributed by atoms with Gasteiger partial charge in [0.1, 0.15) is 0 Å². The molecule has 3 heteroatoms. The molecule has 0 fully saturated rings. The molecule has 1 heterocycles. The first-order valence-corrected chi connectivity index (χ1v) is 10.9. The maximum atomic E-state index is 9.24. The minimum absolute atomic E-state index is 0.690. The molecule has 0 bridgehead atoms. The van der Waals surface area contributed by atoms with Crippen LogP contribution in [0.2, 0.25) is 0 Å². The standard InChI is InChI=1S/C27H29N3/c1-3-4-14-30-15-13-25-23(19-30)9-6-10-27(25)29-24-12-11-20(2)26(17-24)22-8-5-7-21(16-22)18-28/h5-12,16-17,29H,3-4,13-15,19H2,1-2H3. The highest BCUT2D eigenvalue weighted by molar-refractivity contribution is 5.75. The van der Waals surface area contributed by atoms with E-state index in [9.17, 15) is 5.26 Å². The summed E-state index contributed by atoms with van der Waals surface area (Å²) < 4.78 is 0. The SMILES string of the molecule is CCCCN1CCc2c(cccc2Nc2ccc(C)c(-c3cccc(C#N)c3)c2)C1. The third kappa shape index (κ3) is 4.40. The lowest BCUT2D eigenvalue weighted by molar-refractivity contribution is 0.250. The van der Waals surface area contributed by atoms with E-state index in [0.29, 0.717) is 5.56 Å². The Bertz CT molecular complexity index is 1080. The molecule has 0 atom stereocenters. The van der Waals surface area contributed by atoms with Gasteiger partial charge in [-0.25, -0.2) is 0 Å². The molecular formula is C27H29N3. The highest BCUT2D eigenvalue weighted by Gasteiger charge is 2.18. The van der Waals surface area contributed by atoms with Crippen LogP contribution in [0, 0.1) is 18.3 Å². The zero-order valence-corrected chi connectivity index (χ0v) is 17.9. The van der Waals surface area contributed by atoms with E-state index in [-0.39, 0.29) is 0 Å². The van der Waals surface area contributed by atoms with Gasteiger partial charge in [0.05, 0.1) is 11.6 Å². The molecule has 0 aromatic heterocycles. The van der Waals surface area contributed by atoms with Gasteiger partial charge in [-0.2, -0.15) is 5.26 Å². The molecule has 0 amide bonds. The summed E-state index contributed by atoms with van der Waals surface area (Å²) in [5.74, 6) is 0. The normalized spacial score (nSPS) is 13.5. The second-order valence-electron chi connectivity index (χ2n) is 8.17. The summed E-state index contributed by atoms with van der Waals surface area (Å²) in [6.07, 6.45) is 3.61. The monoisotopic (exact) mass is 395 g/mol. The number of benzene rings is 3. The number of aryl methyl sites for hydroxylation is 1. The topological polar surface area (TPSA) is 39.1 Å². The summed E-state index contributed by atoms with van der Waals surface area (Å²) in [5.41, 5.74) is 9.31. The fourth-order valence-electron chi connectivity index (χ4n) is 4.28. The summed E-state index contributed by atoms with van der Waals surface area (Å²) >= 11 is 0. The Hall–Kier alpha value is -3.09. The molecule has 3 nitrogen and oxygen atoms in total. The first-order chi connectivity index (χ1) is 14.7. The Morgan fingerprint density at radius 1 is 1.07 bits per heavy atom. The number of hydrogen-bond donors (Lipinski definition) is 1. The molecule has 1 aliphatic heterocycles. The van der Waals surface area contributed by atoms with Crippen molar-refractivity contribution in [3.05, 3.63) is 82.9 Å². The van der Waals surface area contributed by atoms with Crippen LogP contribution in [0.4, 0.5) is 11.4 Å². The van der Waals surface area contributed by atoms with Crippen LogP contribution in [-0.2, 0) is 13.0 Å². The minimum Gasteiger partial charge on any atom is -0.355 e. The average Bonchev–Trinajstić information content (AvgIpc) is 2.79. The van der Waals surface area contributed by atoms with Crippen LogP contribution in [-0.4, -0.2) is 18.0 Å². The second kappa shape index (κ2) is 9.15. The molecule has 1 aliphatic rings. The van der Waals surface area contributed by atoms with Crippen molar-refractivity contribution in [1.82, 2.24) is 4.90 Å². The van der Waals surface area contributed by atoms with Crippen molar-refractivity contribution in [2.75, 3.05) is 18.4 Å². The molecule has 152 valence electrons. The predicted molar refractivity (Wildman–Crippen MR) is 125 cm³/mol. The van der Waals surface area contributed by atoms with Gasteiger partial charge in [-0.3, -0.25) is 4.90 Å². The Morgan fingerprint density at radius 3 is 2.77 bits per heavy atom. The molecule has 1 N–H and O–H groups in total. The molecule has 3 aromatic carbocycles. The first kappa shape index (κ1) is 20.2. The Kier molecular flexibility index (Phi) is 6.16. The summed E-state index contributed by atoms with van der Waals surface area (Å²) in [5, 5.41) is 12.9. The summed E-state index contributed by atoms with van der Waals surface area (Å²) in [6.45, 7) is 7.74. The maximum absolute atomic E-state index is 9.24. The lowest BCUT2D eigenvalue weighted by atomic mass is 9.96. The summed E-state index contributed by atoms with van der Waals surface area (Å²) in [6, 6.07) is 23.2. The third-order valence-corrected chi connectivity index (χ3v) is 5.99. The second-order valence-corrected chi connectivity index (χ2v) is 8.17. The Balaban J connectivity index is 1.59. The van der Waals surface area contributed by atoms with E-state index in [2.05, 4.69) is 72.6 Å². The largest absolute Gasteiger partial charge is 0.355 e. The molecule has 0 unspecified atom stereocenters. The Morgan fingerprint density at radius 2 is 1.93 bits per heavy atom. The van der Waals surface area contributed by atoms with Gasteiger partial charge in [0.25, 0.3) is 0 Å². The van der Waals surface area contributed by atoms with Gasteiger partial charge in [0.2, 0.25) is 0 Å². The van der Waals surface area contributed by atoms with Gasteiger partial charge in [-0.1, -0.05) is 43.7 Å². The minimum atomic E-state index is 0.690. The molecule has 0 saturated carbocycles. The maximum Gasteiger partial charge on any atom is 0.0991 e. The van der Waals surface area contributed by atoms with Crippen LogP contribution >= 0.6 is 0 Å². The zero-order valence-electron chi connectivity index (χ0n) is 17.9. The molecule has 0 aliphatic carbocycles. The Labute approximate surface area is 180 Å². The number of fused-ring (bicyclic) bond motifs is 1. The summed E-state index contributed by atoms with van der Waals surface area (Å²) in [4.78, 5) is 2.57. The number of rotatable bonds is 6. The molecule has 0 saturated heterocycles. The molecule has 0 radical (unpaired) electrons. The summed E-state index contributed by atoms with van der Waals surface area (Å²) in [7, 11) is 0. The molecular weight excluding hydrogens is 366 g/mol. The van der Waals surface area contributed by atoms with E-state index >= 15 is 0 Å². The van der Waals surface area contributed by atoms with Crippen molar-refractivity contribution < 1.29 is 0 Å². The van der Waals surface area contributed by atoms with E-state index in [1.165, 1.54) is 41.8 Å². The molecule has 3 aromatic rings. The lowest BCUT2D eigenvalue weighted by Gasteiger charge is -2.30. The van der Waals surface area contributed by atoms with Crippen LogP contribution < -0.4 is 5.32 Å². The van der Waals surface area contributed by atoms with E-state index in [4.69, 9.17) is 0 Å². The highest BCUT2D eigenvalue weighted by atomic mass is 15.1. The zero-order chi connectivity index (χ0) is 20.9. The van der Waals surface area contributed by atoms with Crippen LogP contribution in [0.1, 0.15) is 42.0 Å². The highest BCUT2D eigenvalue weighted by Crippen LogP contribution is 2.32. The lowest BCUT2D eigenvalue weighted by Crippen LogP contribution is -2.31. The van der Waals surface area contributed by atoms with Crippen LogP contribution in [0.25, 0.3) is 11.1 Å². The van der Waals surface area contributed by atoms with E-state index in [1.54, 1.807) is 0 Å². The fourth-order valence-corrected chi connectivity index (χ4v) is 4.28. The van der Waals surface area contributed by atoms with Crippen molar-refractivity contribution in [2.24, 2.45) is 0 Å². The van der Waals surface area contributed by atoms with Gasteiger partial charge >= 0.3 is 0 Å². The van der Waals surface area contributed by atoms with Crippen LogP contribution in [0.15, 0.2) is 60.7 Å². The number of nitrogens with zero attached hydrogens (tertiary/aromatic N) is 2. The predicted octanol–water partition coefficient (Wildman–Crippen LogP) is 6.44. The number of nitriles is 1. The smallest absolute Gasteiger partial charge is 0.0991 e. The van der Waals surface area contributed by atoms with Crippen molar-refractivity contribution in [3.8, 4) is 17.2 Å². The van der Waals surface area contributed by atoms with Gasteiger partial charge in [0, 0.05) is 24.5 Å². The molecule has 0 spiro atoms. The number of anilines is 2. The van der Waals surface area contributed by atoms with E-state index in [1.807, 2.05) is 18.2 Å².